The lowest BCUT2D eigenvalue weighted by Gasteiger charge is -1.79. The second-order valence-electron chi connectivity index (χ2n) is 2.03. The van der Waals surface area contributed by atoms with Crippen LogP contribution in [0.5, 0.6) is 0 Å². The highest BCUT2D eigenvalue weighted by Gasteiger charge is 1.96. The molecule has 0 saturated heterocycles. The van der Waals surface area contributed by atoms with Crippen molar-refractivity contribution in [2.75, 3.05) is 0 Å². The van der Waals surface area contributed by atoms with E-state index in [-0.39, 0.29) is 11.7 Å². The molecule has 0 aliphatic carbocycles. The Morgan fingerprint density at radius 1 is 1.27 bits per heavy atom. The molecule has 4 heteroatoms. The minimum atomic E-state index is 0. The average Bonchev–Trinajstić information content (AvgIpc) is 2.34. The number of aromatic nitrogens is 1. The van der Waals surface area contributed by atoms with Gasteiger partial charge in [-0.2, -0.15) is 0 Å². The van der Waals surface area contributed by atoms with E-state index < -0.39 is 0 Å². The van der Waals surface area contributed by atoms with Gasteiger partial charge in [0, 0.05) is 0 Å². The molecule has 5 N–H and O–H groups in total. The first-order valence-corrected chi connectivity index (χ1v) is 3.76. The minimum absolute atomic E-state index is 0. The fraction of sp³-hybridized carbons (Fsp3) is 0. The van der Waals surface area contributed by atoms with Crippen molar-refractivity contribution in [2.45, 2.75) is 0 Å². The molecule has 2 aromatic rings. The maximum atomic E-state index is 10.9. The second kappa shape index (κ2) is 2.86. The second-order valence-corrected chi connectivity index (χ2v) is 2.88. The molecule has 0 spiro atoms. The molecule has 1 aromatic heterocycles. The Morgan fingerprint density at radius 3 is 2.73 bits per heavy atom. The molecule has 2 rings (SSSR count). The summed E-state index contributed by atoms with van der Waals surface area (Å²) in [4.78, 5) is 10.9. The predicted molar refractivity (Wildman–Crippen MR) is 48.4 cm³/mol. The Morgan fingerprint density at radius 2 is 2.00 bits per heavy atom. The smallest absolute Gasteiger partial charge is 0.265 e. The standard InChI is InChI=1S/C7H5NOS.H3N/c9-7-5-3-1-2-4-6(5)10-8-7;/h1-4H,(H,8,9);1H3/p+1. The van der Waals surface area contributed by atoms with Gasteiger partial charge in [-0.15, -0.1) is 0 Å². The van der Waals surface area contributed by atoms with Crippen LogP contribution in [0.15, 0.2) is 29.1 Å². The molecule has 11 heavy (non-hydrogen) atoms. The molecular weight excluding hydrogens is 160 g/mol. The van der Waals surface area contributed by atoms with E-state index in [0.717, 1.165) is 10.1 Å². The number of H-pyrrole nitrogens is 1. The first-order chi connectivity index (χ1) is 4.88. The molecule has 58 valence electrons. The minimum Gasteiger partial charge on any atom is -0.369 e. The van der Waals surface area contributed by atoms with Crippen LogP contribution in [-0.4, -0.2) is 4.37 Å². The van der Waals surface area contributed by atoms with E-state index in [4.69, 9.17) is 0 Å². The molecule has 0 saturated carbocycles. The lowest BCUT2D eigenvalue weighted by Crippen LogP contribution is -1.94. The van der Waals surface area contributed by atoms with Crippen molar-refractivity contribution in [3.63, 3.8) is 0 Å². The number of hydrogen-bond acceptors (Lipinski definition) is 2. The first-order valence-electron chi connectivity index (χ1n) is 2.94. The Hall–Kier alpha value is -1.13. The van der Waals surface area contributed by atoms with E-state index in [1.807, 2.05) is 24.3 Å². The number of rotatable bonds is 0. The number of hydrogen-bond donors (Lipinski definition) is 2. The van der Waals surface area contributed by atoms with Crippen molar-refractivity contribution in [2.24, 2.45) is 0 Å². The zero-order valence-corrected chi connectivity index (χ0v) is 6.94. The lowest BCUT2D eigenvalue weighted by molar-refractivity contribution is 1.46. The van der Waals surface area contributed by atoms with Crippen LogP contribution >= 0.6 is 11.5 Å². The molecule has 1 aromatic carbocycles. The summed E-state index contributed by atoms with van der Waals surface area (Å²) in [5.74, 6) is 0. The fourth-order valence-corrected chi connectivity index (χ4v) is 1.63. The van der Waals surface area contributed by atoms with Crippen LogP contribution in [0.4, 0.5) is 0 Å². The molecule has 1 heterocycles. The predicted octanol–water partition coefficient (Wildman–Crippen LogP) is 1.97. The summed E-state index contributed by atoms with van der Waals surface area (Å²) < 4.78 is 3.68. The van der Waals surface area contributed by atoms with E-state index in [2.05, 4.69) is 4.37 Å². The Labute approximate surface area is 67.4 Å². The van der Waals surface area contributed by atoms with Gasteiger partial charge in [0.2, 0.25) is 0 Å². The van der Waals surface area contributed by atoms with Gasteiger partial charge in [-0.05, 0) is 12.1 Å². The fourth-order valence-electron chi connectivity index (χ4n) is 0.900. The summed E-state index contributed by atoms with van der Waals surface area (Å²) in [5, 5.41) is 0.785. The molecule has 3 nitrogen and oxygen atoms in total. The summed E-state index contributed by atoms with van der Waals surface area (Å²) in [7, 11) is 0. The van der Waals surface area contributed by atoms with Crippen molar-refractivity contribution in [3.8, 4) is 0 Å². The van der Waals surface area contributed by atoms with Crippen molar-refractivity contribution in [1.29, 1.82) is 0 Å². The van der Waals surface area contributed by atoms with Crippen LogP contribution in [-0.2, 0) is 0 Å². The monoisotopic (exact) mass is 169 g/mol. The quantitative estimate of drug-likeness (QED) is 0.621. The van der Waals surface area contributed by atoms with Gasteiger partial charge in [0.25, 0.3) is 5.56 Å². The average molecular weight is 169 g/mol. The van der Waals surface area contributed by atoms with Crippen LogP contribution < -0.4 is 11.7 Å². The summed E-state index contributed by atoms with van der Waals surface area (Å²) in [6.45, 7) is 0. The van der Waals surface area contributed by atoms with E-state index in [1.54, 1.807) is 0 Å². The summed E-state index contributed by atoms with van der Waals surface area (Å²) >= 11 is 1.38. The number of aromatic amines is 1. The maximum Gasteiger partial charge on any atom is 0.265 e. The van der Waals surface area contributed by atoms with Crippen molar-refractivity contribution in [3.05, 3.63) is 34.6 Å². The van der Waals surface area contributed by atoms with Crippen LogP contribution in [0.1, 0.15) is 0 Å². The highest BCUT2D eigenvalue weighted by Crippen LogP contribution is 2.11. The molecule has 0 fully saturated rings. The largest absolute Gasteiger partial charge is 0.369 e. The number of nitrogens with one attached hydrogen (secondary N) is 1. The van der Waals surface area contributed by atoms with Crippen LogP contribution in [0.2, 0.25) is 0 Å². The zero-order chi connectivity index (χ0) is 6.97. The third kappa shape index (κ3) is 1.18. The highest BCUT2D eigenvalue weighted by atomic mass is 32.1. The molecule has 0 bridgehead atoms. The van der Waals surface area contributed by atoms with Crippen molar-refractivity contribution >= 4 is 21.6 Å². The van der Waals surface area contributed by atoms with Crippen LogP contribution in [0.25, 0.3) is 10.1 Å². The Kier molecular flexibility index (Phi) is 2.07. The van der Waals surface area contributed by atoms with Gasteiger partial charge in [-0.3, -0.25) is 9.17 Å². The summed E-state index contributed by atoms with van der Waals surface area (Å²) in [5.41, 5.74) is 0.0144. The zero-order valence-electron chi connectivity index (χ0n) is 6.13. The first kappa shape index (κ1) is 7.97. The topological polar surface area (TPSA) is 69.4 Å². The molecule has 0 unspecified atom stereocenters. The third-order valence-corrected chi connectivity index (χ3v) is 2.25. The number of benzene rings is 1. The molecule has 0 aliphatic rings. The van der Waals surface area contributed by atoms with Crippen molar-refractivity contribution in [1.82, 2.24) is 10.5 Å². The van der Waals surface area contributed by atoms with Crippen molar-refractivity contribution < 1.29 is 0 Å². The molecule has 0 aliphatic heterocycles. The summed E-state index contributed by atoms with van der Waals surface area (Å²) in [6.07, 6.45) is 0. The Bertz CT molecular complexity index is 404. The normalized spacial score (nSPS) is 9.45. The van der Waals surface area contributed by atoms with Gasteiger partial charge < -0.3 is 6.15 Å². The SMILES string of the molecule is O=c1[nH]sc2ccccc12.[NH4+]. The van der Waals surface area contributed by atoms with Crippen LogP contribution in [0, 0.1) is 0 Å². The van der Waals surface area contributed by atoms with E-state index in [1.165, 1.54) is 11.5 Å². The maximum absolute atomic E-state index is 10.9. The van der Waals surface area contributed by atoms with Gasteiger partial charge in [0.05, 0.1) is 10.1 Å². The molecular formula is C7H9N2OS+. The molecule has 0 amide bonds. The number of quaternary nitrogens is 1. The molecule has 0 radical (unpaired) electrons. The van der Waals surface area contributed by atoms with Gasteiger partial charge in [0.1, 0.15) is 0 Å². The van der Waals surface area contributed by atoms with Crippen LogP contribution in [0.3, 0.4) is 0 Å². The van der Waals surface area contributed by atoms with Gasteiger partial charge in [-0.1, -0.05) is 23.7 Å². The number of fused-ring (bicyclic) bond motifs is 1. The molecule has 0 atom stereocenters. The van der Waals surface area contributed by atoms with E-state index in [9.17, 15) is 4.79 Å². The third-order valence-electron chi connectivity index (χ3n) is 1.39. The van der Waals surface area contributed by atoms with Gasteiger partial charge in [0.15, 0.2) is 0 Å². The van der Waals surface area contributed by atoms with Gasteiger partial charge >= 0.3 is 0 Å². The summed E-state index contributed by atoms with van der Waals surface area (Å²) in [6, 6.07) is 7.54. The van der Waals surface area contributed by atoms with E-state index >= 15 is 0 Å². The highest BCUT2D eigenvalue weighted by molar-refractivity contribution is 7.13. The lowest BCUT2D eigenvalue weighted by atomic mass is 10.3. The van der Waals surface area contributed by atoms with Gasteiger partial charge in [-0.25, -0.2) is 0 Å². The van der Waals surface area contributed by atoms with E-state index in [0.29, 0.717) is 0 Å². The Balaban J connectivity index is 0.000000605.